The molecule has 0 saturated heterocycles. The van der Waals surface area contributed by atoms with Crippen molar-refractivity contribution in [1.29, 1.82) is 0 Å². The first-order valence-electron chi connectivity index (χ1n) is 4.73. The van der Waals surface area contributed by atoms with Gasteiger partial charge in [0.05, 0.1) is 0 Å². The molecule has 0 aromatic heterocycles. The second-order valence-corrected chi connectivity index (χ2v) is 3.97. The van der Waals surface area contributed by atoms with Crippen molar-refractivity contribution >= 4 is 15.9 Å². The molecule has 5 heteroatoms. The Morgan fingerprint density at radius 1 is 1.22 bits per heavy atom. The molecule has 0 aromatic carbocycles. The van der Waals surface area contributed by atoms with Gasteiger partial charge in [-0.25, -0.2) is 12.2 Å². The van der Waals surface area contributed by atoms with Crippen LogP contribution in [0, 0.1) is 12.3 Å². The summed E-state index contributed by atoms with van der Waals surface area (Å²) in [4.78, 5) is 3.02. The van der Waals surface area contributed by atoms with Crippen molar-refractivity contribution in [3.8, 4) is 11.3 Å². The molecule has 18 heavy (non-hydrogen) atoms. The maximum absolute atomic E-state index is 3.42. The van der Waals surface area contributed by atoms with E-state index in [0.29, 0.717) is 0 Å². The molecule has 0 bridgehead atoms. The Morgan fingerprint density at radius 3 is 2.50 bits per heavy atom. The molecule has 1 N–H and O–H groups in total. The monoisotopic (exact) mass is 419 g/mol. The third-order valence-corrected chi connectivity index (χ3v) is 2.72. The molecule has 2 aliphatic carbocycles. The van der Waals surface area contributed by atoms with Crippen LogP contribution < -0.4 is 24.8 Å². The number of H-pyrrole nitrogens is 1. The number of allylic oxidation sites excluding steroid dienone is 4. The second-order valence-electron chi connectivity index (χ2n) is 3.12. The number of aromatic nitrogens is 1. The summed E-state index contributed by atoms with van der Waals surface area (Å²) in [6.07, 6.45) is 12.9. The van der Waals surface area contributed by atoms with Gasteiger partial charge in [-0.05, 0) is 0 Å². The smallest absolute Gasteiger partial charge is 1.00 e. The Balaban J connectivity index is 0. The molecule has 92 valence electrons. The molecule has 1 heterocycles. The minimum atomic E-state index is 0. The van der Waals surface area contributed by atoms with E-state index in [-0.39, 0.29) is 51.0 Å². The van der Waals surface area contributed by atoms with Gasteiger partial charge in [0, 0.05) is 0 Å². The minimum absolute atomic E-state index is 0. The molecule has 0 radical (unpaired) electrons. The summed E-state index contributed by atoms with van der Waals surface area (Å²) in [6.45, 7) is 0. The van der Waals surface area contributed by atoms with Gasteiger partial charge in [-0.1, -0.05) is 33.9 Å². The molecule has 0 unspecified atom stereocenters. The normalized spacial score (nSPS) is 10.7. The molecule has 0 spiro atoms. The van der Waals surface area contributed by atoms with E-state index in [0.717, 1.165) is 16.6 Å². The van der Waals surface area contributed by atoms with Crippen LogP contribution in [0.3, 0.4) is 0 Å². The first-order valence-corrected chi connectivity index (χ1v) is 5.52. The summed E-state index contributed by atoms with van der Waals surface area (Å²) in [6, 6.07) is 7.97. The maximum Gasteiger partial charge on any atom is 4.00 e. The van der Waals surface area contributed by atoms with Crippen LogP contribution in [-0.2, 0) is 26.2 Å². The van der Waals surface area contributed by atoms with Crippen LogP contribution in [0.15, 0.2) is 47.0 Å². The molecule has 0 atom stereocenters. The van der Waals surface area contributed by atoms with E-state index in [1.165, 1.54) is 5.56 Å². The van der Waals surface area contributed by atoms with E-state index < -0.39 is 0 Å². The summed E-state index contributed by atoms with van der Waals surface area (Å²) in [5.74, 6) is 0. The fraction of sp³-hybridized carbons (Fsp3) is 0.0769. The summed E-state index contributed by atoms with van der Waals surface area (Å²) in [5, 5.41) is 0. The molecule has 3 aliphatic rings. The van der Waals surface area contributed by atoms with E-state index >= 15 is 0 Å². The maximum atomic E-state index is 3.42. The zero-order valence-corrected chi connectivity index (χ0v) is 14.9. The first kappa shape index (κ1) is 20.5. The van der Waals surface area contributed by atoms with Crippen molar-refractivity contribution in [3.05, 3.63) is 59.2 Å². The molecule has 0 amide bonds. The van der Waals surface area contributed by atoms with Crippen molar-refractivity contribution in [3.63, 3.8) is 0 Å². The van der Waals surface area contributed by atoms with Gasteiger partial charge in [0.15, 0.2) is 0 Å². The third-order valence-electron chi connectivity index (χ3n) is 2.06. The van der Waals surface area contributed by atoms with Crippen LogP contribution in [0.4, 0.5) is 0 Å². The summed E-state index contributed by atoms with van der Waals surface area (Å²) in [5.41, 5.74) is 2.33. The molecular formula is C13H10BrCl2NZr. The number of fused-ring (bicyclic) bond motifs is 1. The average Bonchev–Trinajstić information content (AvgIpc) is 2.93. The zero-order chi connectivity index (χ0) is 10.5. The van der Waals surface area contributed by atoms with E-state index in [9.17, 15) is 0 Å². The van der Waals surface area contributed by atoms with E-state index in [1.54, 1.807) is 0 Å². The fourth-order valence-corrected chi connectivity index (χ4v) is 1.79. The van der Waals surface area contributed by atoms with Crippen molar-refractivity contribution in [2.75, 3.05) is 0 Å². The van der Waals surface area contributed by atoms with Gasteiger partial charge in [0.25, 0.3) is 0 Å². The van der Waals surface area contributed by atoms with E-state index in [1.807, 2.05) is 30.4 Å². The third kappa shape index (κ3) is 5.88. The van der Waals surface area contributed by atoms with Gasteiger partial charge in [0.2, 0.25) is 0 Å². The molecule has 0 saturated carbocycles. The van der Waals surface area contributed by atoms with Gasteiger partial charge < -0.3 is 29.8 Å². The molecular weight excluding hydrogens is 412 g/mol. The van der Waals surface area contributed by atoms with E-state index in [2.05, 4.69) is 45.3 Å². The molecule has 0 fully saturated rings. The number of rotatable bonds is 0. The average molecular weight is 422 g/mol. The van der Waals surface area contributed by atoms with Gasteiger partial charge in [-0.2, -0.15) is 6.08 Å². The van der Waals surface area contributed by atoms with Crippen LogP contribution in [0.2, 0.25) is 0 Å². The second kappa shape index (κ2) is 11.0. The standard InChI is InChI=1S/C8H5BrN.C5H5.2ClH.Zr/c9-7-4-5-10-8-3-1-2-6(7)8;1-2-4-5-3-1;;;/h1-4,10H;1-3H,4H2;2*1H;/q2*-1;;;+4/p-2. The Morgan fingerprint density at radius 2 is 2.00 bits per heavy atom. The predicted molar refractivity (Wildman–Crippen MR) is 65.5 cm³/mol. The number of hydrogen-bond donors (Lipinski definition) is 1. The Labute approximate surface area is 148 Å². The van der Waals surface area contributed by atoms with Crippen LogP contribution in [0.5, 0.6) is 0 Å². The van der Waals surface area contributed by atoms with Crippen molar-refractivity contribution < 1.29 is 51.0 Å². The zero-order valence-electron chi connectivity index (χ0n) is 9.38. The quantitative estimate of drug-likeness (QED) is 0.473. The van der Waals surface area contributed by atoms with Crippen LogP contribution >= 0.6 is 15.9 Å². The molecule has 1 aliphatic heterocycles. The molecule has 1 nitrogen and oxygen atoms in total. The van der Waals surface area contributed by atoms with Crippen molar-refractivity contribution in [1.82, 2.24) is 4.98 Å². The number of hydrogen-bond acceptors (Lipinski definition) is 0. The number of aromatic amines is 1. The van der Waals surface area contributed by atoms with Gasteiger partial charge in [-0.3, -0.25) is 6.08 Å². The SMILES string of the molecule is Brc1c[c-][nH]c2cccc1-2.[C-]1=CC=CC1.[Cl-].[Cl-].[Zr+4]. The van der Waals surface area contributed by atoms with Gasteiger partial charge in [-0.15, -0.1) is 34.6 Å². The van der Waals surface area contributed by atoms with Gasteiger partial charge in [0.1, 0.15) is 0 Å². The summed E-state index contributed by atoms with van der Waals surface area (Å²) in [7, 11) is 0. The topological polar surface area (TPSA) is 15.8 Å². The van der Waals surface area contributed by atoms with Crippen molar-refractivity contribution in [2.45, 2.75) is 6.42 Å². The first-order chi connectivity index (χ1) is 7.38. The summed E-state index contributed by atoms with van der Waals surface area (Å²) >= 11 is 3.42. The van der Waals surface area contributed by atoms with Crippen molar-refractivity contribution in [2.24, 2.45) is 0 Å². The Bertz CT molecular complexity index is 458. The Kier molecular flexibility index (Phi) is 12.6. The van der Waals surface area contributed by atoms with Crippen LogP contribution in [0.25, 0.3) is 11.3 Å². The Hall–Kier alpha value is 0.183. The number of halogens is 3. The minimum Gasteiger partial charge on any atom is -1.00 e. The van der Waals surface area contributed by atoms with E-state index in [4.69, 9.17) is 0 Å². The summed E-state index contributed by atoms with van der Waals surface area (Å²) < 4.78 is 1.09. The largest absolute Gasteiger partial charge is 4.00 e. The predicted octanol–water partition coefficient (Wildman–Crippen LogP) is -2.01. The molecule has 0 aromatic rings. The number of pyridine rings is 1. The van der Waals surface area contributed by atoms with Gasteiger partial charge >= 0.3 is 26.2 Å². The number of nitrogens with one attached hydrogen (secondary N) is 1. The fourth-order valence-electron chi connectivity index (χ4n) is 1.33. The van der Waals surface area contributed by atoms with Crippen LogP contribution in [0.1, 0.15) is 6.42 Å². The van der Waals surface area contributed by atoms with Crippen LogP contribution in [-0.4, -0.2) is 4.98 Å². The molecule has 3 rings (SSSR count).